The molecule has 0 bridgehead atoms. The second kappa shape index (κ2) is 6.04. The van der Waals surface area contributed by atoms with Crippen LogP contribution in [-0.2, 0) is 0 Å². The Morgan fingerprint density at radius 3 is 2.47 bits per heavy atom. The molecule has 2 aromatic rings. The van der Waals surface area contributed by atoms with E-state index in [0.717, 1.165) is 23.5 Å². The van der Waals surface area contributed by atoms with Crippen molar-refractivity contribution in [3.63, 3.8) is 0 Å². The van der Waals surface area contributed by atoms with E-state index in [0.29, 0.717) is 10.0 Å². The number of anilines is 2. The smallest absolute Gasteiger partial charge is 0.106 e. The average molecular weight is 291 g/mol. The molecule has 0 fully saturated rings. The summed E-state index contributed by atoms with van der Waals surface area (Å²) in [5.41, 5.74) is 8.66. The first-order valence-corrected chi connectivity index (χ1v) is 6.84. The fraction of sp³-hybridized carbons (Fsp3) is 0.133. The van der Waals surface area contributed by atoms with Crippen LogP contribution in [0, 0.1) is 0 Å². The lowest BCUT2D eigenvalue weighted by Gasteiger charge is -2.25. The van der Waals surface area contributed by atoms with Gasteiger partial charge in [-0.25, -0.2) is 0 Å². The van der Waals surface area contributed by atoms with Crippen molar-refractivity contribution < 1.29 is 0 Å². The van der Waals surface area contributed by atoms with Crippen LogP contribution in [0.4, 0.5) is 11.4 Å². The standard InChI is InChI=1S/C15H15ClN2S/c1-2-18(12-6-4-3-5-7-12)14-10-11(16)8-9-13(14)15(17)19/h3-10H,2H2,1H3,(H2,17,19). The highest BCUT2D eigenvalue weighted by Crippen LogP contribution is 2.30. The number of hydrogen-bond donors (Lipinski definition) is 1. The molecule has 4 heteroatoms. The lowest BCUT2D eigenvalue weighted by atomic mass is 10.1. The molecule has 0 aliphatic carbocycles. The van der Waals surface area contributed by atoms with Crippen molar-refractivity contribution >= 4 is 40.2 Å². The van der Waals surface area contributed by atoms with E-state index in [9.17, 15) is 0 Å². The number of nitrogens with zero attached hydrogens (tertiary/aromatic N) is 1. The van der Waals surface area contributed by atoms with Gasteiger partial charge in [-0.1, -0.05) is 42.0 Å². The van der Waals surface area contributed by atoms with Gasteiger partial charge in [0, 0.05) is 22.8 Å². The quantitative estimate of drug-likeness (QED) is 0.859. The van der Waals surface area contributed by atoms with Crippen molar-refractivity contribution in [1.82, 2.24) is 0 Å². The summed E-state index contributed by atoms with van der Waals surface area (Å²) in [7, 11) is 0. The van der Waals surface area contributed by atoms with Crippen LogP contribution in [0.1, 0.15) is 12.5 Å². The number of para-hydroxylation sites is 1. The molecule has 0 amide bonds. The number of benzene rings is 2. The highest BCUT2D eigenvalue weighted by atomic mass is 35.5. The van der Waals surface area contributed by atoms with Gasteiger partial charge in [0.25, 0.3) is 0 Å². The van der Waals surface area contributed by atoms with Gasteiger partial charge < -0.3 is 10.6 Å². The molecule has 0 aliphatic heterocycles. The van der Waals surface area contributed by atoms with Gasteiger partial charge >= 0.3 is 0 Å². The minimum absolute atomic E-state index is 0.376. The topological polar surface area (TPSA) is 29.3 Å². The maximum Gasteiger partial charge on any atom is 0.106 e. The van der Waals surface area contributed by atoms with Crippen molar-refractivity contribution in [3.8, 4) is 0 Å². The molecule has 2 rings (SSSR count). The number of thiocarbonyl (C=S) groups is 1. The summed E-state index contributed by atoms with van der Waals surface area (Å²) in [4.78, 5) is 2.52. The summed E-state index contributed by atoms with van der Waals surface area (Å²) >= 11 is 11.2. The summed E-state index contributed by atoms with van der Waals surface area (Å²) < 4.78 is 0. The van der Waals surface area contributed by atoms with Crippen LogP contribution in [0.3, 0.4) is 0 Å². The molecule has 19 heavy (non-hydrogen) atoms. The molecule has 0 spiro atoms. The third-order valence-corrected chi connectivity index (χ3v) is 3.36. The second-order valence-corrected chi connectivity index (χ2v) is 4.98. The van der Waals surface area contributed by atoms with E-state index in [-0.39, 0.29) is 0 Å². The highest BCUT2D eigenvalue weighted by molar-refractivity contribution is 7.80. The van der Waals surface area contributed by atoms with Gasteiger partial charge in [0.05, 0.1) is 5.69 Å². The Kier molecular flexibility index (Phi) is 4.40. The first-order valence-electron chi connectivity index (χ1n) is 6.05. The van der Waals surface area contributed by atoms with Crippen LogP contribution in [0.5, 0.6) is 0 Å². The maximum absolute atomic E-state index is 6.10. The van der Waals surface area contributed by atoms with Crippen molar-refractivity contribution in [1.29, 1.82) is 0 Å². The Bertz CT molecular complexity index is 584. The normalized spacial score (nSPS) is 10.2. The Labute approximate surface area is 123 Å². The Morgan fingerprint density at radius 2 is 1.89 bits per heavy atom. The number of rotatable bonds is 4. The monoisotopic (exact) mass is 290 g/mol. The molecule has 2 N–H and O–H groups in total. The largest absolute Gasteiger partial charge is 0.389 e. The zero-order valence-corrected chi connectivity index (χ0v) is 12.2. The van der Waals surface area contributed by atoms with Crippen molar-refractivity contribution in [2.45, 2.75) is 6.92 Å². The molecule has 0 saturated heterocycles. The molecule has 0 unspecified atom stereocenters. The summed E-state index contributed by atoms with van der Waals surface area (Å²) in [5, 5.41) is 0.671. The zero-order valence-electron chi connectivity index (χ0n) is 10.6. The fourth-order valence-corrected chi connectivity index (χ4v) is 2.38. The van der Waals surface area contributed by atoms with Gasteiger partial charge in [-0.05, 0) is 37.3 Å². The first-order chi connectivity index (χ1) is 9.13. The van der Waals surface area contributed by atoms with Crippen LogP contribution in [0.2, 0.25) is 5.02 Å². The summed E-state index contributed by atoms with van der Waals surface area (Å²) in [6, 6.07) is 15.7. The van der Waals surface area contributed by atoms with E-state index in [1.807, 2.05) is 42.5 Å². The second-order valence-electron chi connectivity index (χ2n) is 4.11. The summed E-state index contributed by atoms with van der Waals surface area (Å²) in [6.07, 6.45) is 0. The van der Waals surface area contributed by atoms with E-state index in [1.54, 1.807) is 6.07 Å². The minimum Gasteiger partial charge on any atom is -0.389 e. The van der Waals surface area contributed by atoms with Gasteiger partial charge in [0.1, 0.15) is 4.99 Å². The molecule has 0 heterocycles. The SMILES string of the molecule is CCN(c1ccccc1)c1cc(Cl)ccc1C(N)=S. The zero-order chi connectivity index (χ0) is 13.8. The van der Waals surface area contributed by atoms with Gasteiger partial charge in [0.2, 0.25) is 0 Å². The molecule has 98 valence electrons. The van der Waals surface area contributed by atoms with Crippen LogP contribution >= 0.6 is 23.8 Å². The minimum atomic E-state index is 0.376. The van der Waals surface area contributed by atoms with E-state index in [1.165, 1.54) is 0 Å². The third-order valence-electron chi connectivity index (χ3n) is 2.90. The summed E-state index contributed by atoms with van der Waals surface area (Å²) in [5.74, 6) is 0. The maximum atomic E-state index is 6.10. The van der Waals surface area contributed by atoms with Gasteiger partial charge in [-0.3, -0.25) is 0 Å². The van der Waals surface area contributed by atoms with Crippen molar-refractivity contribution in [2.75, 3.05) is 11.4 Å². The summed E-state index contributed by atoms with van der Waals surface area (Å²) in [6.45, 7) is 2.89. The average Bonchev–Trinajstić information content (AvgIpc) is 2.40. The molecule has 0 radical (unpaired) electrons. The third kappa shape index (κ3) is 3.06. The van der Waals surface area contributed by atoms with Gasteiger partial charge in [-0.2, -0.15) is 0 Å². The number of hydrogen-bond acceptors (Lipinski definition) is 2. The molecule has 0 aliphatic rings. The van der Waals surface area contributed by atoms with E-state index in [4.69, 9.17) is 29.6 Å². The van der Waals surface area contributed by atoms with E-state index < -0.39 is 0 Å². The fourth-order valence-electron chi connectivity index (χ4n) is 2.04. The van der Waals surface area contributed by atoms with Crippen LogP contribution in [0.25, 0.3) is 0 Å². The predicted octanol–water partition coefficient (Wildman–Crippen LogP) is 4.13. The number of nitrogens with two attached hydrogens (primary N) is 1. The molecule has 0 saturated carbocycles. The lowest BCUT2D eigenvalue weighted by molar-refractivity contribution is 1.02. The Balaban J connectivity index is 2.55. The van der Waals surface area contributed by atoms with Crippen LogP contribution in [0.15, 0.2) is 48.5 Å². The highest BCUT2D eigenvalue weighted by Gasteiger charge is 2.13. The molecule has 0 aromatic heterocycles. The van der Waals surface area contributed by atoms with Crippen LogP contribution in [-0.4, -0.2) is 11.5 Å². The molecule has 2 aromatic carbocycles. The molecule has 0 atom stereocenters. The van der Waals surface area contributed by atoms with Gasteiger partial charge in [-0.15, -0.1) is 0 Å². The van der Waals surface area contributed by atoms with Crippen molar-refractivity contribution in [2.24, 2.45) is 5.73 Å². The van der Waals surface area contributed by atoms with Gasteiger partial charge in [0.15, 0.2) is 0 Å². The molecular weight excluding hydrogens is 276 g/mol. The van der Waals surface area contributed by atoms with E-state index >= 15 is 0 Å². The van der Waals surface area contributed by atoms with E-state index in [2.05, 4.69) is 11.8 Å². The molecular formula is C15H15ClN2S. The first kappa shape index (κ1) is 13.8. The van der Waals surface area contributed by atoms with Crippen molar-refractivity contribution in [3.05, 3.63) is 59.1 Å². The predicted molar refractivity (Wildman–Crippen MR) is 86.5 cm³/mol. The Morgan fingerprint density at radius 1 is 1.21 bits per heavy atom. The lowest BCUT2D eigenvalue weighted by Crippen LogP contribution is -2.21. The number of halogens is 1. The van der Waals surface area contributed by atoms with Crippen LogP contribution < -0.4 is 10.6 Å². The molecule has 2 nitrogen and oxygen atoms in total. The Hall–Kier alpha value is -1.58.